The highest BCUT2D eigenvalue weighted by Gasteiger charge is 2.20. The minimum atomic E-state index is -0.0319. The number of hydrogen-bond donors (Lipinski definition) is 1. The van der Waals surface area contributed by atoms with Gasteiger partial charge in [0.2, 0.25) is 0 Å². The van der Waals surface area contributed by atoms with Crippen molar-refractivity contribution in [1.29, 1.82) is 0 Å². The number of urea groups is 1. The summed E-state index contributed by atoms with van der Waals surface area (Å²) in [6.45, 7) is 5.32. The number of carbonyl (C=O) groups is 1. The summed E-state index contributed by atoms with van der Waals surface area (Å²) in [6, 6.07) is 7.65. The van der Waals surface area contributed by atoms with E-state index in [0.717, 1.165) is 56.3 Å². The van der Waals surface area contributed by atoms with Gasteiger partial charge in [-0.1, -0.05) is 6.07 Å². The van der Waals surface area contributed by atoms with E-state index in [9.17, 15) is 4.79 Å². The molecule has 0 atom stereocenters. The number of rotatable bonds is 7. The first kappa shape index (κ1) is 19.2. The topological polar surface area (TPSA) is 71.9 Å². The molecule has 1 aromatic heterocycles. The fraction of sp³-hybridized carbons (Fsp3) is 0.474. The van der Waals surface area contributed by atoms with Crippen LogP contribution in [-0.2, 0) is 11.3 Å². The molecule has 0 unspecified atom stereocenters. The zero-order valence-corrected chi connectivity index (χ0v) is 15.9. The van der Waals surface area contributed by atoms with Crippen LogP contribution < -0.4 is 10.1 Å². The van der Waals surface area contributed by atoms with Gasteiger partial charge >= 0.3 is 6.03 Å². The van der Waals surface area contributed by atoms with E-state index in [1.54, 1.807) is 25.1 Å². The summed E-state index contributed by atoms with van der Waals surface area (Å²) in [7, 11) is 3.35. The van der Waals surface area contributed by atoms with Crippen LogP contribution in [0.2, 0.25) is 0 Å². The molecule has 0 spiro atoms. The molecule has 2 aromatic rings. The van der Waals surface area contributed by atoms with Crippen molar-refractivity contribution in [3.8, 4) is 11.4 Å². The van der Waals surface area contributed by atoms with Crippen LogP contribution in [0.1, 0.15) is 5.56 Å². The van der Waals surface area contributed by atoms with E-state index in [1.807, 2.05) is 35.4 Å². The summed E-state index contributed by atoms with van der Waals surface area (Å²) in [6.07, 6.45) is 3.68. The van der Waals surface area contributed by atoms with Crippen LogP contribution in [0.25, 0.3) is 5.69 Å². The SMILES string of the molecule is COCCN1CCN(C(=O)NCc2cnn(-c3cccc(OC)c3)c2)CC1. The Morgan fingerprint density at radius 3 is 2.78 bits per heavy atom. The number of benzene rings is 1. The Balaban J connectivity index is 1.48. The Morgan fingerprint density at radius 1 is 1.22 bits per heavy atom. The highest BCUT2D eigenvalue weighted by Crippen LogP contribution is 2.16. The number of nitrogens with one attached hydrogen (secondary N) is 1. The highest BCUT2D eigenvalue weighted by molar-refractivity contribution is 5.74. The molecule has 1 fully saturated rings. The second-order valence-electron chi connectivity index (χ2n) is 6.47. The van der Waals surface area contributed by atoms with Gasteiger partial charge in [-0.2, -0.15) is 5.10 Å². The Labute approximate surface area is 159 Å². The summed E-state index contributed by atoms with van der Waals surface area (Å²) in [5, 5.41) is 7.35. The average molecular weight is 373 g/mol. The van der Waals surface area contributed by atoms with Crippen LogP contribution in [0, 0.1) is 0 Å². The van der Waals surface area contributed by atoms with Crippen molar-refractivity contribution in [1.82, 2.24) is 24.9 Å². The minimum absolute atomic E-state index is 0.0319. The van der Waals surface area contributed by atoms with Crippen LogP contribution in [-0.4, -0.2) is 79.2 Å². The zero-order chi connectivity index (χ0) is 19.1. The van der Waals surface area contributed by atoms with Crippen LogP contribution in [0.5, 0.6) is 5.75 Å². The summed E-state index contributed by atoms with van der Waals surface area (Å²) in [5.41, 5.74) is 1.86. The molecule has 0 radical (unpaired) electrons. The summed E-state index contributed by atoms with van der Waals surface area (Å²) in [5.74, 6) is 0.780. The summed E-state index contributed by atoms with van der Waals surface area (Å²) in [4.78, 5) is 16.5. The standard InChI is InChI=1S/C19H27N5O3/c1-26-11-10-22-6-8-23(9-7-22)19(25)20-13-16-14-21-24(15-16)17-4-3-5-18(12-17)27-2/h3-5,12,14-15H,6-11,13H2,1-2H3,(H,20,25). The molecule has 8 heteroatoms. The van der Waals surface area contributed by atoms with E-state index >= 15 is 0 Å². The predicted molar refractivity (Wildman–Crippen MR) is 102 cm³/mol. The number of methoxy groups -OCH3 is 2. The quantitative estimate of drug-likeness (QED) is 0.793. The van der Waals surface area contributed by atoms with Gasteiger partial charge in [0.1, 0.15) is 5.75 Å². The number of nitrogens with zero attached hydrogens (tertiary/aromatic N) is 4. The molecule has 146 valence electrons. The molecule has 27 heavy (non-hydrogen) atoms. The van der Waals surface area contributed by atoms with Crippen molar-refractivity contribution in [2.24, 2.45) is 0 Å². The molecular weight excluding hydrogens is 346 g/mol. The van der Waals surface area contributed by atoms with E-state index in [1.165, 1.54) is 0 Å². The first-order valence-corrected chi connectivity index (χ1v) is 9.11. The van der Waals surface area contributed by atoms with Gasteiger partial charge in [0.25, 0.3) is 0 Å². The number of ether oxygens (including phenoxy) is 2. The van der Waals surface area contributed by atoms with Crippen molar-refractivity contribution in [3.05, 3.63) is 42.2 Å². The van der Waals surface area contributed by atoms with Crippen molar-refractivity contribution < 1.29 is 14.3 Å². The number of amides is 2. The lowest BCUT2D eigenvalue weighted by molar-refractivity contribution is 0.106. The maximum Gasteiger partial charge on any atom is 0.317 e. The largest absolute Gasteiger partial charge is 0.497 e. The molecular formula is C19H27N5O3. The number of carbonyl (C=O) groups excluding carboxylic acids is 1. The lowest BCUT2D eigenvalue weighted by Crippen LogP contribution is -2.52. The van der Waals surface area contributed by atoms with E-state index < -0.39 is 0 Å². The summed E-state index contributed by atoms with van der Waals surface area (Å²) >= 11 is 0. The number of piperazine rings is 1. The molecule has 8 nitrogen and oxygen atoms in total. The van der Waals surface area contributed by atoms with Gasteiger partial charge in [-0.3, -0.25) is 4.90 Å². The Bertz CT molecular complexity index is 740. The van der Waals surface area contributed by atoms with E-state index in [4.69, 9.17) is 9.47 Å². The number of hydrogen-bond acceptors (Lipinski definition) is 5. The molecule has 0 saturated carbocycles. The monoisotopic (exact) mass is 373 g/mol. The number of aromatic nitrogens is 2. The highest BCUT2D eigenvalue weighted by atomic mass is 16.5. The Morgan fingerprint density at radius 2 is 2.04 bits per heavy atom. The molecule has 1 aliphatic heterocycles. The molecule has 0 bridgehead atoms. The second kappa shape index (κ2) is 9.38. The van der Waals surface area contributed by atoms with Crippen molar-refractivity contribution in [2.75, 3.05) is 53.6 Å². The first-order valence-electron chi connectivity index (χ1n) is 9.11. The predicted octanol–water partition coefficient (Wildman–Crippen LogP) is 1.35. The summed E-state index contributed by atoms with van der Waals surface area (Å²) < 4.78 is 12.1. The maximum atomic E-state index is 12.4. The fourth-order valence-electron chi connectivity index (χ4n) is 3.03. The molecule has 1 N–H and O–H groups in total. The smallest absolute Gasteiger partial charge is 0.317 e. The third-order valence-electron chi connectivity index (χ3n) is 4.67. The van der Waals surface area contributed by atoms with Gasteiger partial charge in [0, 0.05) is 64.2 Å². The fourth-order valence-corrected chi connectivity index (χ4v) is 3.03. The van der Waals surface area contributed by atoms with Crippen LogP contribution >= 0.6 is 0 Å². The molecule has 2 amide bonds. The Kier molecular flexibility index (Phi) is 6.67. The zero-order valence-electron chi connectivity index (χ0n) is 15.9. The first-order chi connectivity index (χ1) is 13.2. The van der Waals surface area contributed by atoms with Gasteiger partial charge in [-0.05, 0) is 12.1 Å². The van der Waals surface area contributed by atoms with Crippen LogP contribution in [0.15, 0.2) is 36.7 Å². The normalized spacial score (nSPS) is 15.0. The van der Waals surface area contributed by atoms with E-state index in [-0.39, 0.29) is 6.03 Å². The molecule has 2 heterocycles. The maximum absolute atomic E-state index is 12.4. The molecule has 3 rings (SSSR count). The Hall–Kier alpha value is -2.58. The van der Waals surface area contributed by atoms with Gasteiger partial charge < -0.3 is 19.7 Å². The lowest BCUT2D eigenvalue weighted by Gasteiger charge is -2.34. The van der Waals surface area contributed by atoms with E-state index in [2.05, 4.69) is 15.3 Å². The second-order valence-corrected chi connectivity index (χ2v) is 6.47. The molecule has 1 aliphatic rings. The van der Waals surface area contributed by atoms with E-state index in [0.29, 0.717) is 6.54 Å². The third-order valence-corrected chi connectivity index (χ3v) is 4.67. The molecule has 1 saturated heterocycles. The van der Waals surface area contributed by atoms with Crippen molar-refractivity contribution in [3.63, 3.8) is 0 Å². The van der Waals surface area contributed by atoms with Crippen LogP contribution in [0.4, 0.5) is 4.79 Å². The van der Waals surface area contributed by atoms with Crippen molar-refractivity contribution >= 4 is 6.03 Å². The molecule has 1 aromatic carbocycles. The van der Waals surface area contributed by atoms with Gasteiger partial charge in [0.15, 0.2) is 0 Å². The third kappa shape index (κ3) is 5.21. The van der Waals surface area contributed by atoms with Gasteiger partial charge in [-0.25, -0.2) is 9.48 Å². The minimum Gasteiger partial charge on any atom is -0.497 e. The van der Waals surface area contributed by atoms with Gasteiger partial charge in [0.05, 0.1) is 25.6 Å². The van der Waals surface area contributed by atoms with Crippen molar-refractivity contribution in [2.45, 2.75) is 6.54 Å². The van der Waals surface area contributed by atoms with Gasteiger partial charge in [-0.15, -0.1) is 0 Å². The molecule has 0 aliphatic carbocycles. The average Bonchev–Trinajstić information content (AvgIpc) is 3.20. The lowest BCUT2D eigenvalue weighted by atomic mass is 10.3. The van der Waals surface area contributed by atoms with Crippen LogP contribution in [0.3, 0.4) is 0 Å².